The molecule has 0 aliphatic carbocycles. The largest absolute Gasteiger partial charge is 0.467 e. The van der Waals surface area contributed by atoms with Gasteiger partial charge in [-0.15, -0.1) is 0 Å². The second kappa shape index (κ2) is 14.0. The van der Waals surface area contributed by atoms with Gasteiger partial charge in [0.05, 0.1) is 0 Å². The van der Waals surface area contributed by atoms with Gasteiger partial charge >= 0.3 is 0 Å². The van der Waals surface area contributed by atoms with Crippen molar-refractivity contribution >= 4 is 13.9 Å². The van der Waals surface area contributed by atoms with Crippen LogP contribution < -0.4 is 15.4 Å². The Hall–Kier alpha value is -3.04. The molecular formula is C35H41FNO2P. The van der Waals surface area contributed by atoms with Gasteiger partial charge in [0.15, 0.2) is 6.79 Å². The second-order valence-electron chi connectivity index (χ2n) is 11.3. The Morgan fingerprint density at radius 3 is 2.08 bits per heavy atom. The van der Waals surface area contributed by atoms with E-state index in [1.54, 1.807) is 19.2 Å². The summed E-state index contributed by atoms with van der Waals surface area (Å²) in [6.07, 6.45) is 1.61. The zero-order valence-corrected chi connectivity index (χ0v) is 25.3. The second-order valence-corrected chi connectivity index (χ2v) is 13.0. The van der Waals surface area contributed by atoms with Crippen LogP contribution in [0.4, 0.5) is 4.39 Å². The molecule has 0 fully saturated rings. The van der Waals surface area contributed by atoms with E-state index in [-0.39, 0.29) is 23.8 Å². The molecule has 40 heavy (non-hydrogen) atoms. The van der Waals surface area contributed by atoms with Gasteiger partial charge in [-0.2, -0.15) is 0 Å². The van der Waals surface area contributed by atoms with Crippen molar-refractivity contribution in [2.75, 3.05) is 13.9 Å². The van der Waals surface area contributed by atoms with Crippen LogP contribution in [0.15, 0.2) is 91.0 Å². The molecule has 0 aliphatic heterocycles. The molecule has 4 aromatic carbocycles. The summed E-state index contributed by atoms with van der Waals surface area (Å²) in [6.45, 7) is 9.43. The summed E-state index contributed by atoms with van der Waals surface area (Å²) in [5.74, 6) is 0.685. The normalized spacial score (nSPS) is 12.7. The number of nitrogens with one attached hydrogen (secondary N) is 1. The molecule has 210 valence electrons. The average molecular weight is 558 g/mol. The van der Waals surface area contributed by atoms with E-state index < -0.39 is 0 Å². The van der Waals surface area contributed by atoms with E-state index >= 15 is 0 Å². The summed E-state index contributed by atoms with van der Waals surface area (Å²) in [7, 11) is 2.10. The summed E-state index contributed by atoms with van der Waals surface area (Å²) in [5, 5.41) is 4.70. The smallest absolute Gasteiger partial charge is 0.188 e. The van der Waals surface area contributed by atoms with E-state index in [0.29, 0.717) is 15.1 Å². The molecule has 4 aromatic rings. The summed E-state index contributed by atoms with van der Waals surface area (Å²) < 4.78 is 26.0. The molecular weight excluding hydrogens is 516 g/mol. The molecule has 2 atom stereocenters. The molecule has 0 radical (unpaired) electrons. The molecule has 3 nitrogen and oxygen atoms in total. The summed E-state index contributed by atoms with van der Waals surface area (Å²) >= 11 is 0. The molecule has 0 saturated heterocycles. The maximum atomic E-state index is 14.3. The third-order valence-corrected chi connectivity index (χ3v) is 8.32. The molecule has 0 heterocycles. The first-order valence-electron chi connectivity index (χ1n) is 13.9. The molecule has 1 N–H and O–H groups in total. The Kier molecular flexibility index (Phi) is 10.5. The topological polar surface area (TPSA) is 30.5 Å². The number of hydrogen-bond donors (Lipinski definition) is 1. The van der Waals surface area contributed by atoms with Gasteiger partial charge in [-0.05, 0) is 72.4 Å². The molecule has 0 spiro atoms. The van der Waals surface area contributed by atoms with Crippen LogP contribution in [-0.4, -0.2) is 19.4 Å². The lowest BCUT2D eigenvalue weighted by Crippen LogP contribution is -2.36. The van der Waals surface area contributed by atoms with Gasteiger partial charge in [0.1, 0.15) is 11.6 Å². The van der Waals surface area contributed by atoms with E-state index in [0.717, 1.165) is 35.3 Å². The maximum absolute atomic E-state index is 14.3. The summed E-state index contributed by atoms with van der Waals surface area (Å²) in [6, 6.07) is 30.8. The highest BCUT2D eigenvalue weighted by molar-refractivity contribution is 7.47. The molecule has 4 rings (SSSR count). The highest BCUT2D eigenvalue weighted by atomic mass is 31.1. The fraction of sp³-hybridized carbons (Fsp3) is 0.314. The molecule has 0 aromatic heterocycles. The minimum absolute atomic E-state index is 0.0580. The van der Waals surface area contributed by atoms with Crippen molar-refractivity contribution in [1.82, 2.24) is 5.32 Å². The third-order valence-electron chi connectivity index (χ3n) is 6.78. The molecule has 2 unspecified atom stereocenters. The molecule has 0 saturated carbocycles. The van der Waals surface area contributed by atoms with Crippen LogP contribution in [0.1, 0.15) is 66.7 Å². The third kappa shape index (κ3) is 8.73. The van der Waals surface area contributed by atoms with E-state index in [4.69, 9.17) is 9.47 Å². The van der Waals surface area contributed by atoms with Gasteiger partial charge in [-0.25, -0.2) is 4.39 Å². The molecule has 0 amide bonds. The van der Waals surface area contributed by atoms with E-state index in [2.05, 4.69) is 99.7 Å². The Morgan fingerprint density at radius 1 is 0.800 bits per heavy atom. The van der Waals surface area contributed by atoms with Crippen molar-refractivity contribution in [2.45, 2.75) is 58.3 Å². The van der Waals surface area contributed by atoms with Crippen LogP contribution in [0, 0.1) is 5.82 Å². The van der Waals surface area contributed by atoms with Crippen molar-refractivity contribution < 1.29 is 13.9 Å². The van der Waals surface area contributed by atoms with Crippen LogP contribution >= 0.6 is 8.58 Å². The summed E-state index contributed by atoms with van der Waals surface area (Å²) in [5.41, 5.74) is 7.18. The van der Waals surface area contributed by atoms with Crippen molar-refractivity contribution in [3.63, 3.8) is 0 Å². The fourth-order valence-corrected chi connectivity index (χ4v) is 6.16. The minimum atomic E-state index is -0.203. The van der Waals surface area contributed by atoms with Crippen LogP contribution in [0.3, 0.4) is 0 Å². The van der Waals surface area contributed by atoms with Gasteiger partial charge in [0, 0.05) is 36.8 Å². The van der Waals surface area contributed by atoms with E-state index in [1.807, 2.05) is 12.1 Å². The van der Waals surface area contributed by atoms with Crippen molar-refractivity contribution in [3.8, 4) is 5.75 Å². The van der Waals surface area contributed by atoms with Gasteiger partial charge in [0.25, 0.3) is 0 Å². The first kappa shape index (κ1) is 29.9. The first-order chi connectivity index (χ1) is 19.2. The Morgan fingerprint density at radius 2 is 1.45 bits per heavy atom. The lowest BCUT2D eigenvalue weighted by atomic mass is 9.94. The standard InChI is InChI=1S/C35H41FNO2P/c1-25(40-33-17-16-31(36)22-30(33)23-37-35(2,3)4)32-21-28(18-26-12-8-6-9-13-26)20-29(34(32)39-24-38-5)19-27-14-10-7-11-15-27/h6-17,20-22,25,37,40H,18-19,23-24H2,1-5H3. The molecule has 5 heteroatoms. The Labute approximate surface area is 240 Å². The van der Waals surface area contributed by atoms with Gasteiger partial charge in [-0.1, -0.05) is 94.4 Å². The predicted molar refractivity (Wildman–Crippen MR) is 167 cm³/mol. The summed E-state index contributed by atoms with van der Waals surface area (Å²) in [4.78, 5) is 0. The lowest BCUT2D eigenvalue weighted by Gasteiger charge is -2.24. The minimum Gasteiger partial charge on any atom is -0.467 e. The number of methoxy groups -OCH3 is 1. The van der Waals surface area contributed by atoms with E-state index in [1.165, 1.54) is 22.0 Å². The van der Waals surface area contributed by atoms with Crippen molar-refractivity contribution in [1.29, 1.82) is 0 Å². The number of benzene rings is 4. The van der Waals surface area contributed by atoms with E-state index in [9.17, 15) is 4.39 Å². The maximum Gasteiger partial charge on any atom is 0.188 e. The zero-order chi connectivity index (χ0) is 28.5. The van der Waals surface area contributed by atoms with Crippen LogP contribution in [-0.2, 0) is 24.1 Å². The Balaban J connectivity index is 1.74. The average Bonchev–Trinajstić information content (AvgIpc) is 2.93. The quantitative estimate of drug-likeness (QED) is 0.142. The molecule has 0 bridgehead atoms. The Bertz CT molecular complexity index is 1370. The molecule has 0 aliphatic rings. The van der Waals surface area contributed by atoms with Gasteiger partial charge in [-0.3, -0.25) is 0 Å². The van der Waals surface area contributed by atoms with Crippen molar-refractivity contribution in [2.24, 2.45) is 0 Å². The number of halogens is 1. The fourth-order valence-electron chi connectivity index (χ4n) is 4.80. The highest BCUT2D eigenvalue weighted by Gasteiger charge is 2.21. The SMILES string of the molecule is COCOc1c(Cc2ccccc2)cc(Cc2ccccc2)cc1C(C)Pc1ccc(F)cc1CNC(C)(C)C. The van der Waals surface area contributed by atoms with Crippen LogP contribution in [0.5, 0.6) is 5.75 Å². The van der Waals surface area contributed by atoms with Crippen molar-refractivity contribution in [3.05, 3.63) is 130 Å². The van der Waals surface area contributed by atoms with Gasteiger partial charge in [0.2, 0.25) is 0 Å². The van der Waals surface area contributed by atoms with Crippen LogP contribution in [0.25, 0.3) is 0 Å². The monoisotopic (exact) mass is 557 g/mol. The highest BCUT2D eigenvalue weighted by Crippen LogP contribution is 2.42. The van der Waals surface area contributed by atoms with Crippen LogP contribution in [0.2, 0.25) is 0 Å². The number of rotatable bonds is 12. The number of hydrogen-bond acceptors (Lipinski definition) is 3. The predicted octanol–water partition coefficient (Wildman–Crippen LogP) is 7.94. The lowest BCUT2D eigenvalue weighted by molar-refractivity contribution is 0.0498. The first-order valence-corrected chi connectivity index (χ1v) is 14.9. The van der Waals surface area contributed by atoms with Gasteiger partial charge < -0.3 is 14.8 Å². The number of ether oxygens (including phenoxy) is 2. The zero-order valence-electron chi connectivity index (χ0n) is 24.3.